The molecule has 0 aliphatic carbocycles. The first-order valence-electron chi connectivity index (χ1n) is 10.3. The first-order valence-corrected chi connectivity index (χ1v) is 10.3. The molecule has 0 saturated carbocycles. The molecule has 2 aliphatic heterocycles. The number of hydrogen-bond acceptors (Lipinski definition) is 16. The number of carbonyl (C=O) groups excluding carboxylic acids is 2. The van der Waals surface area contributed by atoms with Crippen LogP contribution in [0.15, 0.2) is 12.7 Å². The number of carboxylic acids is 2. The zero-order valence-corrected chi connectivity index (χ0v) is 24.6. The number of nitrogen functional groups attached to an aromatic ring is 2. The third-order valence-corrected chi connectivity index (χ3v) is 5.63. The van der Waals surface area contributed by atoms with Crippen molar-refractivity contribution >= 4 is 23.6 Å². The van der Waals surface area contributed by atoms with Gasteiger partial charge in [-0.25, -0.2) is 9.97 Å². The second-order valence-electron chi connectivity index (χ2n) is 7.80. The standard InChI is InChI=1S/2C9H13N3O6.3Fe.4H2O/c2*10-7-4(9(16)17)11-2-12(7)8-6(15)5(14)3(1-13)18-8;;;;;;;/h2*2-3,5-6,8,13-15H,1,10H2,(H,16,17);;;;4*1H2/p-2. The normalized spacial score (nSPS) is 26.6. The molecule has 2 aromatic heterocycles. The molecule has 2 aliphatic rings. The average Bonchev–Trinajstić information content (AvgIpc) is 3.55. The molecule has 0 radical (unpaired) electrons. The molecule has 0 spiro atoms. The van der Waals surface area contributed by atoms with Gasteiger partial charge in [-0.05, 0) is 0 Å². The van der Waals surface area contributed by atoms with Gasteiger partial charge >= 0.3 is 0 Å². The third kappa shape index (κ3) is 10.0. The fraction of sp³-hybridized carbons (Fsp3) is 0.556. The van der Waals surface area contributed by atoms with Gasteiger partial charge in [-0.2, -0.15) is 0 Å². The zero-order valence-electron chi connectivity index (χ0n) is 21.3. The van der Waals surface area contributed by atoms with E-state index >= 15 is 0 Å². The van der Waals surface area contributed by atoms with Gasteiger partial charge in [-0.1, -0.05) is 0 Å². The van der Waals surface area contributed by atoms with E-state index < -0.39 is 85.6 Å². The SMILES string of the molecule is Nc1c(C(=O)[O-])ncn1C1OC(CO)C(O)C1O.Nc1c(C(=O)[O-])ncn1C1OC(CO)C(O)C1O.O.O.O.O.[Fe].[Fe].[Fe]. The average molecular weight is 756 g/mol. The van der Waals surface area contributed by atoms with Crippen molar-refractivity contribution in [2.75, 3.05) is 24.7 Å². The summed E-state index contributed by atoms with van der Waals surface area (Å²) in [6.45, 7) is -0.979. The van der Waals surface area contributed by atoms with Crippen LogP contribution in [-0.2, 0) is 60.7 Å². The molecule has 256 valence electrons. The minimum Gasteiger partial charge on any atom is -0.543 e. The Bertz CT molecular complexity index is 1030. The van der Waals surface area contributed by atoms with Crippen LogP contribution < -0.4 is 21.7 Å². The number of ether oxygens (including phenoxy) is 2. The molecule has 0 bridgehead atoms. The minimum atomic E-state index is -1.56. The maximum absolute atomic E-state index is 10.7. The van der Waals surface area contributed by atoms with E-state index in [9.17, 15) is 40.2 Å². The Hall–Kier alpha value is -1.96. The Labute approximate surface area is 272 Å². The van der Waals surface area contributed by atoms with Gasteiger partial charge in [-0.15, -0.1) is 0 Å². The van der Waals surface area contributed by atoms with Gasteiger partial charge in [0.2, 0.25) is 0 Å². The van der Waals surface area contributed by atoms with Crippen LogP contribution in [0.25, 0.3) is 0 Å². The van der Waals surface area contributed by atoms with E-state index in [1.54, 1.807) is 0 Å². The molecule has 18 N–H and O–H groups in total. The molecule has 0 amide bonds. The van der Waals surface area contributed by atoms with Crippen molar-refractivity contribution in [1.82, 2.24) is 19.1 Å². The molecule has 2 saturated heterocycles. The van der Waals surface area contributed by atoms with E-state index in [0.29, 0.717) is 0 Å². The van der Waals surface area contributed by atoms with Crippen LogP contribution >= 0.6 is 0 Å². The van der Waals surface area contributed by atoms with Crippen LogP contribution in [-0.4, -0.2) is 133 Å². The summed E-state index contributed by atoms with van der Waals surface area (Å²) in [7, 11) is 0. The Kier molecular flexibility index (Phi) is 24.6. The van der Waals surface area contributed by atoms with Gasteiger partial charge in [-0.3, -0.25) is 9.13 Å². The van der Waals surface area contributed by atoms with Crippen LogP contribution in [0.2, 0.25) is 0 Å². The molecule has 8 atom stereocenters. The van der Waals surface area contributed by atoms with Gasteiger partial charge in [0, 0.05) is 51.2 Å². The molecular formula is C18H32Fe3N6O16-2. The summed E-state index contributed by atoms with van der Waals surface area (Å²) in [6, 6.07) is 0. The Morgan fingerprint density at radius 3 is 1.16 bits per heavy atom. The van der Waals surface area contributed by atoms with E-state index in [1.165, 1.54) is 0 Å². The maximum atomic E-state index is 10.7. The third-order valence-electron chi connectivity index (χ3n) is 5.63. The monoisotopic (exact) mass is 756 g/mol. The Morgan fingerprint density at radius 1 is 0.698 bits per heavy atom. The number of aliphatic hydroxyl groups is 6. The number of aromatic nitrogens is 4. The number of anilines is 2. The number of nitrogens with zero attached hydrogens (tertiary/aromatic N) is 4. The van der Waals surface area contributed by atoms with Crippen LogP contribution in [0.1, 0.15) is 33.4 Å². The Morgan fingerprint density at radius 2 is 0.977 bits per heavy atom. The number of nitrogens with two attached hydrogens (primary N) is 2. The summed E-state index contributed by atoms with van der Waals surface area (Å²) in [5, 5.41) is 77.7. The van der Waals surface area contributed by atoms with Gasteiger partial charge in [0.1, 0.15) is 59.6 Å². The number of imidazole rings is 2. The van der Waals surface area contributed by atoms with Crippen molar-refractivity contribution in [2.45, 2.75) is 49.1 Å². The van der Waals surface area contributed by atoms with Gasteiger partial charge in [0.15, 0.2) is 12.5 Å². The predicted octanol–water partition coefficient (Wildman–Crippen LogP) is -10.4. The van der Waals surface area contributed by atoms with Crippen LogP contribution in [0, 0.1) is 0 Å². The first kappa shape index (κ1) is 50.7. The number of aromatic carboxylic acids is 2. The molecule has 22 nitrogen and oxygen atoms in total. The molecule has 4 rings (SSSR count). The second kappa shape index (κ2) is 20.9. The maximum Gasteiger partial charge on any atom is 0.165 e. The van der Waals surface area contributed by atoms with E-state index in [2.05, 4.69) is 9.97 Å². The molecule has 25 heteroatoms. The van der Waals surface area contributed by atoms with E-state index in [4.69, 9.17) is 31.2 Å². The fourth-order valence-corrected chi connectivity index (χ4v) is 3.68. The van der Waals surface area contributed by atoms with Crippen LogP contribution in [0.4, 0.5) is 11.6 Å². The number of rotatable bonds is 6. The van der Waals surface area contributed by atoms with Gasteiger partial charge < -0.3 is 93.3 Å². The van der Waals surface area contributed by atoms with E-state index in [1.807, 2.05) is 0 Å². The molecule has 43 heavy (non-hydrogen) atoms. The molecule has 2 fully saturated rings. The minimum absolute atomic E-state index is 0. The van der Waals surface area contributed by atoms with Crippen molar-refractivity contribution in [2.24, 2.45) is 0 Å². The summed E-state index contributed by atoms with van der Waals surface area (Å²) in [6.07, 6.45) is -7.36. The first-order chi connectivity index (χ1) is 16.9. The quantitative estimate of drug-likeness (QED) is 0.127. The summed E-state index contributed by atoms with van der Waals surface area (Å²) in [5.41, 5.74) is 10.1. The topological polar surface area (TPSA) is 434 Å². The van der Waals surface area contributed by atoms with Crippen molar-refractivity contribution in [3.8, 4) is 0 Å². The smallest absolute Gasteiger partial charge is 0.165 e. The molecule has 4 heterocycles. The summed E-state index contributed by atoms with van der Waals surface area (Å²) < 4.78 is 12.5. The van der Waals surface area contributed by atoms with Crippen molar-refractivity contribution < 1.29 is 133 Å². The molecule has 0 aromatic carbocycles. The van der Waals surface area contributed by atoms with E-state index in [-0.39, 0.29) is 84.7 Å². The van der Waals surface area contributed by atoms with Crippen molar-refractivity contribution in [3.05, 3.63) is 24.0 Å². The number of carbonyl (C=O) groups is 2. The second-order valence-corrected chi connectivity index (χ2v) is 7.80. The van der Waals surface area contributed by atoms with Crippen LogP contribution in [0.3, 0.4) is 0 Å². The fourth-order valence-electron chi connectivity index (χ4n) is 3.68. The number of aliphatic hydroxyl groups excluding tert-OH is 6. The summed E-state index contributed by atoms with van der Waals surface area (Å²) in [5.74, 6) is -3.63. The molecule has 2 aromatic rings. The van der Waals surface area contributed by atoms with Gasteiger partial charge in [0.25, 0.3) is 0 Å². The molecular weight excluding hydrogens is 724 g/mol. The van der Waals surface area contributed by atoms with Crippen molar-refractivity contribution in [1.29, 1.82) is 0 Å². The molecule has 8 unspecified atom stereocenters. The number of hydrogen-bond donors (Lipinski definition) is 8. The number of carboxylic acid groups (broad SMARTS) is 2. The summed E-state index contributed by atoms with van der Waals surface area (Å²) >= 11 is 0. The largest absolute Gasteiger partial charge is 0.543 e. The van der Waals surface area contributed by atoms with Gasteiger partial charge in [0.05, 0.1) is 37.8 Å². The predicted molar refractivity (Wildman–Crippen MR) is 122 cm³/mol. The van der Waals surface area contributed by atoms with Crippen molar-refractivity contribution in [3.63, 3.8) is 0 Å². The zero-order chi connectivity index (χ0) is 26.9. The van der Waals surface area contributed by atoms with E-state index in [0.717, 1.165) is 21.8 Å². The van der Waals surface area contributed by atoms with Crippen LogP contribution in [0.5, 0.6) is 0 Å². The Balaban J connectivity index is -0.000000193. The summed E-state index contributed by atoms with van der Waals surface area (Å²) in [4.78, 5) is 28.3.